The molecular weight excluding hydrogens is 337 g/mol. The normalized spacial score (nSPS) is 24.2. The fourth-order valence-electron chi connectivity index (χ4n) is 2.72. The smallest absolute Gasteiger partial charge is 0.313 e. The molecule has 0 heterocycles. The summed E-state index contributed by atoms with van der Waals surface area (Å²) in [5.74, 6) is -3.69. The van der Waals surface area contributed by atoms with Crippen LogP contribution in [0.15, 0.2) is 48.3 Å². The molecule has 1 aromatic carbocycles. The second-order valence-electron chi connectivity index (χ2n) is 5.53. The number of carbonyl (C=O) groups is 1. The molecule has 0 saturated heterocycles. The zero-order valence-corrected chi connectivity index (χ0v) is 13.8. The summed E-state index contributed by atoms with van der Waals surface area (Å²) in [6.07, 6.45) is 2.00. The van der Waals surface area contributed by atoms with Crippen molar-refractivity contribution in [1.82, 2.24) is 0 Å². The van der Waals surface area contributed by atoms with Crippen LogP contribution in [-0.2, 0) is 19.6 Å². The number of sulfonamides is 1. The number of allylic oxidation sites excluding steroid dienone is 2. The van der Waals surface area contributed by atoms with Crippen LogP contribution in [0.3, 0.4) is 0 Å². The first kappa shape index (κ1) is 18.3. The summed E-state index contributed by atoms with van der Waals surface area (Å²) in [5.41, 5.74) is -0.972. The number of nitrogens with two attached hydrogens (primary N) is 1. The molecule has 3 N–H and O–H groups in total. The van der Waals surface area contributed by atoms with E-state index in [-0.39, 0.29) is 12.0 Å². The van der Waals surface area contributed by atoms with Gasteiger partial charge in [-0.05, 0) is 18.1 Å². The van der Waals surface area contributed by atoms with Gasteiger partial charge in [-0.2, -0.15) is 0 Å². The number of halogens is 1. The Kier molecular flexibility index (Phi) is 5.22. The Labute approximate surface area is 139 Å². The van der Waals surface area contributed by atoms with Gasteiger partial charge in [0.2, 0.25) is 10.0 Å². The quantitative estimate of drug-likeness (QED) is 0.808. The van der Waals surface area contributed by atoms with E-state index in [9.17, 15) is 22.7 Å². The molecule has 6 nitrogen and oxygen atoms in total. The molecule has 1 aromatic rings. The summed E-state index contributed by atoms with van der Waals surface area (Å²) in [6, 6.07) is 8.48. The van der Waals surface area contributed by atoms with Crippen LogP contribution in [-0.4, -0.2) is 38.0 Å². The van der Waals surface area contributed by atoms with Gasteiger partial charge in [0.05, 0.1) is 5.75 Å². The van der Waals surface area contributed by atoms with Crippen LogP contribution in [0.4, 0.5) is 4.39 Å². The summed E-state index contributed by atoms with van der Waals surface area (Å²) in [7, 11) is -2.64. The highest BCUT2D eigenvalue weighted by Gasteiger charge is 2.45. The minimum Gasteiger partial charge on any atom is -0.481 e. The van der Waals surface area contributed by atoms with Gasteiger partial charge >= 0.3 is 5.97 Å². The van der Waals surface area contributed by atoms with Gasteiger partial charge in [-0.1, -0.05) is 36.4 Å². The number of hydrogen-bond acceptors (Lipinski definition) is 4. The zero-order valence-electron chi connectivity index (χ0n) is 13.0. The summed E-state index contributed by atoms with van der Waals surface area (Å²) >= 11 is 0. The van der Waals surface area contributed by atoms with Crippen LogP contribution in [0, 0.1) is 5.92 Å². The van der Waals surface area contributed by atoms with E-state index in [0.29, 0.717) is 5.56 Å². The Morgan fingerprint density at radius 3 is 2.50 bits per heavy atom. The Hall–Kier alpha value is -2.03. The number of hydrogen-bond donors (Lipinski definition) is 2. The second kappa shape index (κ2) is 6.84. The Morgan fingerprint density at radius 1 is 1.38 bits per heavy atom. The predicted octanol–water partition coefficient (Wildman–Crippen LogP) is 1.70. The molecule has 2 unspecified atom stereocenters. The fourth-order valence-corrected chi connectivity index (χ4v) is 3.32. The molecule has 0 aliphatic heterocycles. The molecule has 0 saturated carbocycles. The summed E-state index contributed by atoms with van der Waals surface area (Å²) in [5, 5.41) is 14.5. The molecule has 0 bridgehead atoms. The summed E-state index contributed by atoms with van der Waals surface area (Å²) < 4.78 is 42.3. The highest BCUT2D eigenvalue weighted by molar-refractivity contribution is 7.89. The molecule has 2 rings (SSSR count). The first-order valence-electron chi connectivity index (χ1n) is 7.13. The molecule has 1 aliphatic rings. The third-order valence-electron chi connectivity index (χ3n) is 4.00. The zero-order chi connectivity index (χ0) is 18.0. The van der Waals surface area contributed by atoms with Crippen LogP contribution < -0.4 is 5.14 Å². The molecule has 1 aliphatic carbocycles. The molecule has 24 heavy (non-hydrogen) atoms. The van der Waals surface area contributed by atoms with Gasteiger partial charge in [0.15, 0.2) is 0 Å². The second-order valence-corrected chi connectivity index (χ2v) is 7.26. The first-order chi connectivity index (χ1) is 11.2. The number of carboxylic acids is 1. The highest BCUT2D eigenvalue weighted by Crippen LogP contribution is 2.40. The van der Waals surface area contributed by atoms with Crippen molar-refractivity contribution in [3.05, 3.63) is 53.9 Å². The lowest BCUT2D eigenvalue weighted by atomic mass is 9.78. The number of benzene rings is 1. The van der Waals surface area contributed by atoms with E-state index < -0.39 is 39.1 Å². The van der Waals surface area contributed by atoms with Gasteiger partial charge in [-0.25, -0.2) is 17.9 Å². The van der Waals surface area contributed by atoms with E-state index >= 15 is 0 Å². The number of primary sulfonamides is 1. The highest BCUT2D eigenvalue weighted by atomic mass is 32.2. The van der Waals surface area contributed by atoms with E-state index in [0.717, 1.165) is 6.08 Å². The van der Waals surface area contributed by atoms with E-state index in [1.807, 2.05) is 0 Å². The number of ether oxygens (including phenoxy) is 1. The minimum atomic E-state index is -3.85. The topological polar surface area (TPSA) is 107 Å². The molecular formula is C16H18FNO5S. The minimum absolute atomic E-state index is 0.131. The van der Waals surface area contributed by atoms with Crippen LogP contribution in [0.25, 0.3) is 5.57 Å². The number of carboxylic acid groups (broad SMARTS) is 1. The Morgan fingerprint density at radius 2 is 2.00 bits per heavy atom. The van der Waals surface area contributed by atoms with Gasteiger partial charge in [0.25, 0.3) is 0 Å². The monoisotopic (exact) mass is 355 g/mol. The van der Waals surface area contributed by atoms with Crippen molar-refractivity contribution < 1.29 is 27.4 Å². The van der Waals surface area contributed by atoms with Gasteiger partial charge in [0, 0.05) is 12.7 Å². The molecule has 0 radical (unpaired) electrons. The molecule has 0 spiro atoms. The third kappa shape index (κ3) is 3.89. The molecule has 8 heteroatoms. The van der Waals surface area contributed by atoms with E-state index in [1.165, 1.54) is 13.2 Å². The van der Waals surface area contributed by atoms with Gasteiger partial charge in [-0.3, -0.25) is 4.79 Å². The van der Waals surface area contributed by atoms with Crippen LogP contribution >= 0.6 is 0 Å². The van der Waals surface area contributed by atoms with Crippen LogP contribution in [0.1, 0.15) is 12.0 Å². The summed E-state index contributed by atoms with van der Waals surface area (Å²) in [6.45, 7) is 0. The molecule has 130 valence electrons. The average molecular weight is 355 g/mol. The number of methoxy groups -OCH3 is 1. The largest absolute Gasteiger partial charge is 0.481 e. The lowest BCUT2D eigenvalue weighted by Gasteiger charge is -2.36. The van der Waals surface area contributed by atoms with Crippen molar-refractivity contribution in [2.45, 2.75) is 12.0 Å². The lowest BCUT2D eigenvalue weighted by Crippen LogP contribution is -2.45. The van der Waals surface area contributed by atoms with Crippen molar-refractivity contribution in [2.75, 3.05) is 12.9 Å². The maximum atomic E-state index is 14.6. The fraction of sp³-hybridized carbons (Fsp3) is 0.312. The Bertz CT molecular complexity index is 788. The molecule has 0 fully saturated rings. The molecule has 0 amide bonds. The standard InChI is InChI=1S/C16H18FNO5S/c1-23-16(7-8-24(18,21)22)10-14(17)12(9-13(16)15(19)20)11-5-3-2-4-6-11/h2-6,9-10,13H,7-8H2,1H3,(H,19,20)(H2,18,21,22). The third-order valence-corrected chi connectivity index (χ3v) is 4.77. The van der Waals surface area contributed by atoms with Gasteiger partial charge in [-0.15, -0.1) is 0 Å². The predicted molar refractivity (Wildman–Crippen MR) is 87.1 cm³/mol. The van der Waals surface area contributed by atoms with E-state index in [4.69, 9.17) is 9.88 Å². The van der Waals surface area contributed by atoms with Crippen molar-refractivity contribution in [3.63, 3.8) is 0 Å². The molecule has 2 atom stereocenters. The van der Waals surface area contributed by atoms with Crippen molar-refractivity contribution in [1.29, 1.82) is 0 Å². The van der Waals surface area contributed by atoms with Crippen LogP contribution in [0.2, 0.25) is 0 Å². The van der Waals surface area contributed by atoms with Crippen molar-refractivity contribution in [3.8, 4) is 0 Å². The first-order valence-corrected chi connectivity index (χ1v) is 8.84. The average Bonchev–Trinajstić information content (AvgIpc) is 2.52. The molecule has 0 aromatic heterocycles. The lowest BCUT2D eigenvalue weighted by molar-refractivity contribution is -0.148. The Balaban J connectivity index is 2.48. The number of rotatable bonds is 6. The SMILES string of the molecule is COC1(CCS(N)(=O)=O)C=C(F)C(c2ccccc2)=CC1C(=O)O. The van der Waals surface area contributed by atoms with Gasteiger partial charge in [0.1, 0.15) is 17.3 Å². The number of aliphatic carboxylic acids is 1. The van der Waals surface area contributed by atoms with Crippen molar-refractivity contribution in [2.24, 2.45) is 11.1 Å². The maximum absolute atomic E-state index is 14.6. The van der Waals surface area contributed by atoms with Gasteiger partial charge < -0.3 is 9.84 Å². The maximum Gasteiger partial charge on any atom is 0.313 e. The summed E-state index contributed by atoms with van der Waals surface area (Å²) in [4.78, 5) is 11.7. The van der Waals surface area contributed by atoms with Crippen molar-refractivity contribution >= 4 is 21.6 Å². The van der Waals surface area contributed by atoms with E-state index in [2.05, 4.69) is 0 Å². The van der Waals surface area contributed by atoms with E-state index in [1.54, 1.807) is 30.3 Å². The van der Waals surface area contributed by atoms with Crippen LogP contribution in [0.5, 0.6) is 0 Å².